The zero-order chi connectivity index (χ0) is 13.2. The van der Waals surface area contributed by atoms with Gasteiger partial charge in [-0.3, -0.25) is 4.31 Å². The fraction of sp³-hybridized carbons (Fsp3) is 0.385. The van der Waals surface area contributed by atoms with E-state index >= 15 is 0 Å². The second-order valence-corrected chi connectivity index (χ2v) is 6.36. The molecule has 1 heterocycles. The average molecular weight is 265 g/mol. The number of anilines is 1. The first-order valence-corrected chi connectivity index (χ1v) is 7.34. The molecule has 2 rings (SSSR count). The van der Waals surface area contributed by atoms with Crippen LogP contribution in [-0.2, 0) is 10.0 Å². The number of hydrogen-bond donors (Lipinski definition) is 1. The van der Waals surface area contributed by atoms with Crippen LogP contribution < -0.4 is 4.31 Å². The van der Waals surface area contributed by atoms with E-state index in [1.165, 1.54) is 4.31 Å². The third-order valence-electron chi connectivity index (χ3n) is 2.75. The molecule has 4 nitrogen and oxygen atoms in total. The fourth-order valence-electron chi connectivity index (χ4n) is 2.05. The predicted molar refractivity (Wildman–Crippen MR) is 70.7 cm³/mol. The summed E-state index contributed by atoms with van der Waals surface area (Å²) in [6.45, 7) is 2.23. The molecule has 0 amide bonds. The van der Waals surface area contributed by atoms with E-state index in [9.17, 15) is 8.42 Å². The van der Waals surface area contributed by atoms with Crippen molar-refractivity contribution in [3.05, 3.63) is 29.8 Å². The van der Waals surface area contributed by atoms with E-state index in [0.717, 1.165) is 0 Å². The highest BCUT2D eigenvalue weighted by Crippen LogP contribution is 2.27. The lowest BCUT2D eigenvalue weighted by atomic mass is 10.2. The molecule has 1 aromatic carbocycles. The Balaban J connectivity index is 2.34. The van der Waals surface area contributed by atoms with Crippen LogP contribution in [0.3, 0.4) is 0 Å². The van der Waals surface area contributed by atoms with Gasteiger partial charge in [0, 0.05) is 12.1 Å². The molecule has 1 unspecified atom stereocenters. The first-order valence-electron chi connectivity index (χ1n) is 5.73. The summed E-state index contributed by atoms with van der Waals surface area (Å²) < 4.78 is 25.3. The molecule has 5 heteroatoms. The first-order chi connectivity index (χ1) is 8.53. The molecule has 0 spiro atoms. The molecule has 1 atom stereocenters. The Hall–Kier alpha value is -1.51. The number of rotatable bonds is 1. The number of aliphatic hydroxyl groups excluding tert-OH is 1. The maximum atomic E-state index is 11.9. The van der Waals surface area contributed by atoms with Crippen LogP contribution in [-0.4, -0.2) is 32.4 Å². The van der Waals surface area contributed by atoms with Gasteiger partial charge in [-0.05, 0) is 24.1 Å². The van der Waals surface area contributed by atoms with Crippen molar-refractivity contribution in [1.29, 1.82) is 0 Å². The zero-order valence-electron chi connectivity index (χ0n) is 10.1. The van der Waals surface area contributed by atoms with Gasteiger partial charge in [-0.25, -0.2) is 8.42 Å². The lowest BCUT2D eigenvalue weighted by molar-refractivity contribution is 0.350. The van der Waals surface area contributed by atoms with Crippen LogP contribution in [0, 0.1) is 17.8 Å². The Bertz CT molecular complexity index is 598. The molecule has 0 aliphatic carbocycles. The molecule has 1 aliphatic rings. The van der Waals surface area contributed by atoms with Crippen molar-refractivity contribution >= 4 is 15.7 Å². The van der Waals surface area contributed by atoms with Gasteiger partial charge >= 0.3 is 0 Å². The van der Waals surface area contributed by atoms with Crippen LogP contribution in [0.1, 0.15) is 12.5 Å². The average Bonchev–Trinajstić information content (AvgIpc) is 2.60. The normalized spacial score (nSPS) is 21.4. The van der Waals surface area contributed by atoms with E-state index in [-0.39, 0.29) is 18.3 Å². The van der Waals surface area contributed by atoms with Gasteiger partial charge in [0.25, 0.3) is 0 Å². The summed E-state index contributed by atoms with van der Waals surface area (Å²) in [6, 6.07) is 7.06. The Morgan fingerprint density at radius 1 is 1.50 bits per heavy atom. The standard InChI is InChI=1S/C13H15NO3S/c1-11-9-14(18(16,17)10-11)13-6-2-4-12(8-13)5-3-7-15/h2,4,6,8,11,15H,7,9-10H2,1H3. The number of hydrogen-bond acceptors (Lipinski definition) is 3. The zero-order valence-corrected chi connectivity index (χ0v) is 10.9. The van der Waals surface area contributed by atoms with Crippen LogP contribution in [0.15, 0.2) is 24.3 Å². The minimum atomic E-state index is -3.19. The largest absolute Gasteiger partial charge is 0.384 e. The molecule has 1 saturated heterocycles. The summed E-state index contributed by atoms with van der Waals surface area (Å²) in [5.41, 5.74) is 1.35. The molecule has 18 heavy (non-hydrogen) atoms. The summed E-state index contributed by atoms with van der Waals surface area (Å²) in [4.78, 5) is 0. The smallest absolute Gasteiger partial charge is 0.235 e. The number of nitrogens with zero attached hydrogens (tertiary/aromatic N) is 1. The second-order valence-electron chi connectivity index (χ2n) is 4.43. The molecule has 0 saturated carbocycles. The monoisotopic (exact) mass is 265 g/mol. The lowest BCUT2D eigenvalue weighted by Crippen LogP contribution is -2.25. The summed E-state index contributed by atoms with van der Waals surface area (Å²) in [7, 11) is -3.19. The Morgan fingerprint density at radius 3 is 2.89 bits per heavy atom. The summed E-state index contributed by atoms with van der Waals surface area (Å²) in [5, 5.41) is 8.65. The maximum absolute atomic E-state index is 11.9. The molecule has 0 aromatic heterocycles. The van der Waals surface area contributed by atoms with Gasteiger partial charge in [-0.1, -0.05) is 24.8 Å². The first kappa shape index (κ1) is 12.9. The highest BCUT2D eigenvalue weighted by molar-refractivity contribution is 7.93. The van der Waals surface area contributed by atoms with Crippen LogP contribution in [0.2, 0.25) is 0 Å². The van der Waals surface area contributed by atoms with Crippen molar-refractivity contribution < 1.29 is 13.5 Å². The van der Waals surface area contributed by atoms with Gasteiger partial charge in [0.2, 0.25) is 10.0 Å². The minimum absolute atomic E-state index is 0.141. The van der Waals surface area contributed by atoms with Crippen molar-refractivity contribution in [3.63, 3.8) is 0 Å². The number of benzene rings is 1. The van der Waals surface area contributed by atoms with E-state index in [4.69, 9.17) is 5.11 Å². The molecule has 0 radical (unpaired) electrons. The van der Waals surface area contributed by atoms with Crippen LogP contribution in [0.4, 0.5) is 5.69 Å². The highest BCUT2D eigenvalue weighted by atomic mass is 32.2. The Morgan fingerprint density at radius 2 is 2.28 bits per heavy atom. The van der Waals surface area contributed by atoms with Crippen molar-refractivity contribution in [1.82, 2.24) is 0 Å². The van der Waals surface area contributed by atoms with E-state index in [0.29, 0.717) is 17.8 Å². The van der Waals surface area contributed by atoms with E-state index in [2.05, 4.69) is 11.8 Å². The second kappa shape index (κ2) is 5.01. The SMILES string of the molecule is CC1CN(c2cccc(C#CCO)c2)S(=O)(=O)C1. The van der Waals surface area contributed by atoms with Crippen LogP contribution in [0.5, 0.6) is 0 Å². The molecule has 96 valence electrons. The molecule has 1 N–H and O–H groups in total. The van der Waals surface area contributed by atoms with Gasteiger partial charge in [0.15, 0.2) is 0 Å². The van der Waals surface area contributed by atoms with E-state index in [1.807, 2.05) is 6.92 Å². The van der Waals surface area contributed by atoms with Crippen molar-refractivity contribution in [3.8, 4) is 11.8 Å². The quantitative estimate of drug-likeness (QED) is 0.765. The van der Waals surface area contributed by atoms with Crippen LogP contribution >= 0.6 is 0 Å². The summed E-state index contributed by atoms with van der Waals surface area (Å²) in [5.74, 6) is 5.66. The Kier molecular flexibility index (Phi) is 3.60. The van der Waals surface area contributed by atoms with E-state index in [1.54, 1.807) is 24.3 Å². The maximum Gasteiger partial charge on any atom is 0.235 e. The summed E-state index contributed by atoms with van der Waals surface area (Å²) >= 11 is 0. The molecule has 1 aromatic rings. The van der Waals surface area contributed by atoms with Crippen LogP contribution in [0.25, 0.3) is 0 Å². The number of sulfonamides is 1. The molecule has 1 fully saturated rings. The molecule has 1 aliphatic heterocycles. The Labute approximate surface area is 107 Å². The van der Waals surface area contributed by atoms with Gasteiger partial charge in [0.1, 0.15) is 6.61 Å². The topological polar surface area (TPSA) is 57.6 Å². The van der Waals surface area contributed by atoms with Crippen molar-refractivity contribution in [2.24, 2.45) is 5.92 Å². The van der Waals surface area contributed by atoms with E-state index < -0.39 is 10.0 Å². The third-order valence-corrected chi connectivity index (χ3v) is 4.78. The van der Waals surface area contributed by atoms with Gasteiger partial charge in [-0.15, -0.1) is 0 Å². The molecular weight excluding hydrogens is 250 g/mol. The van der Waals surface area contributed by atoms with Gasteiger partial charge < -0.3 is 5.11 Å². The van der Waals surface area contributed by atoms with Gasteiger partial charge in [0.05, 0.1) is 11.4 Å². The summed E-state index contributed by atoms with van der Waals surface area (Å²) in [6.07, 6.45) is 0. The minimum Gasteiger partial charge on any atom is -0.384 e. The lowest BCUT2D eigenvalue weighted by Gasteiger charge is -2.17. The highest BCUT2D eigenvalue weighted by Gasteiger charge is 2.33. The van der Waals surface area contributed by atoms with Crippen molar-refractivity contribution in [2.75, 3.05) is 23.2 Å². The third kappa shape index (κ3) is 2.66. The molecular formula is C13H15NO3S. The van der Waals surface area contributed by atoms with Crippen molar-refractivity contribution in [2.45, 2.75) is 6.92 Å². The predicted octanol–water partition coefficient (Wildman–Crippen LogP) is 0.816. The molecule has 0 bridgehead atoms. The van der Waals surface area contributed by atoms with Gasteiger partial charge in [-0.2, -0.15) is 0 Å². The number of aliphatic hydroxyl groups is 1. The fourth-order valence-corrected chi connectivity index (χ4v) is 3.97.